The number of carbonyl (C=O) groups is 1. The molecular formula is C20H21NO3. The van der Waals surface area contributed by atoms with Crippen molar-refractivity contribution < 1.29 is 13.9 Å². The summed E-state index contributed by atoms with van der Waals surface area (Å²) in [7, 11) is 1.63. The standard InChI is InChI=1S/C20H21NO3/c1-3-14-6-9-18-16(13-24-19(18)10-14)11-20(22)21-12-15-4-7-17(23-2)8-5-15/h4-10,13H,3,11-12H2,1-2H3,(H,21,22). The molecule has 3 aromatic rings. The van der Waals surface area contributed by atoms with E-state index in [4.69, 9.17) is 9.15 Å². The number of methoxy groups -OCH3 is 1. The van der Waals surface area contributed by atoms with Crippen LogP contribution in [0.1, 0.15) is 23.6 Å². The lowest BCUT2D eigenvalue weighted by molar-refractivity contribution is -0.120. The molecule has 0 saturated carbocycles. The molecule has 1 N–H and O–H groups in total. The van der Waals surface area contributed by atoms with E-state index in [-0.39, 0.29) is 5.91 Å². The van der Waals surface area contributed by atoms with Crippen LogP contribution >= 0.6 is 0 Å². The smallest absolute Gasteiger partial charge is 0.224 e. The van der Waals surface area contributed by atoms with Crippen LogP contribution in [0.3, 0.4) is 0 Å². The first-order valence-electron chi connectivity index (χ1n) is 8.08. The fourth-order valence-electron chi connectivity index (χ4n) is 2.66. The summed E-state index contributed by atoms with van der Waals surface area (Å²) in [6, 6.07) is 13.8. The van der Waals surface area contributed by atoms with Crippen LogP contribution < -0.4 is 10.1 Å². The third-order valence-corrected chi connectivity index (χ3v) is 4.13. The Morgan fingerprint density at radius 3 is 2.58 bits per heavy atom. The van der Waals surface area contributed by atoms with Crippen LogP contribution in [0.4, 0.5) is 0 Å². The number of fused-ring (bicyclic) bond motifs is 1. The minimum absolute atomic E-state index is 0.0203. The Morgan fingerprint density at radius 2 is 1.88 bits per heavy atom. The zero-order valence-electron chi connectivity index (χ0n) is 14.0. The second-order valence-electron chi connectivity index (χ2n) is 5.75. The molecule has 0 radical (unpaired) electrons. The minimum Gasteiger partial charge on any atom is -0.497 e. The van der Waals surface area contributed by atoms with E-state index >= 15 is 0 Å². The highest BCUT2D eigenvalue weighted by Crippen LogP contribution is 2.23. The number of furan rings is 1. The van der Waals surface area contributed by atoms with E-state index in [1.165, 1.54) is 5.56 Å². The summed E-state index contributed by atoms with van der Waals surface area (Å²) in [5.41, 5.74) is 4.02. The van der Waals surface area contributed by atoms with E-state index in [1.54, 1.807) is 13.4 Å². The Balaban J connectivity index is 1.62. The van der Waals surface area contributed by atoms with E-state index < -0.39 is 0 Å². The van der Waals surface area contributed by atoms with Gasteiger partial charge in [0, 0.05) is 17.5 Å². The molecule has 0 atom stereocenters. The van der Waals surface area contributed by atoms with Gasteiger partial charge < -0.3 is 14.5 Å². The number of carbonyl (C=O) groups excluding carboxylic acids is 1. The summed E-state index contributed by atoms with van der Waals surface area (Å²) >= 11 is 0. The number of hydrogen-bond acceptors (Lipinski definition) is 3. The van der Waals surface area contributed by atoms with Gasteiger partial charge in [0.1, 0.15) is 11.3 Å². The van der Waals surface area contributed by atoms with Crippen molar-refractivity contribution in [1.82, 2.24) is 5.32 Å². The monoisotopic (exact) mass is 323 g/mol. The number of nitrogens with one attached hydrogen (secondary N) is 1. The van der Waals surface area contributed by atoms with E-state index in [0.717, 1.165) is 34.3 Å². The van der Waals surface area contributed by atoms with Gasteiger partial charge in [0.2, 0.25) is 5.91 Å². The fourth-order valence-corrected chi connectivity index (χ4v) is 2.66. The highest BCUT2D eigenvalue weighted by Gasteiger charge is 2.10. The molecule has 0 spiro atoms. The van der Waals surface area contributed by atoms with Gasteiger partial charge >= 0.3 is 0 Å². The molecule has 0 saturated heterocycles. The largest absolute Gasteiger partial charge is 0.497 e. The Labute approximate surface area is 141 Å². The molecule has 3 rings (SSSR count). The molecule has 0 fully saturated rings. The van der Waals surface area contributed by atoms with Gasteiger partial charge in [-0.2, -0.15) is 0 Å². The molecule has 1 heterocycles. The molecule has 0 aliphatic rings. The molecule has 2 aromatic carbocycles. The number of ether oxygens (including phenoxy) is 1. The quantitative estimate of drug-likeness (QED) is 0.749. The molecular weight excluding hydrogens is 302 g/mol. The van der Waals surface area contributed by atoms with E-state index in [0.29, 0.717) is 13.0 Å². The third-order valence-electron chi connectivity index (χ3n) is 4.13. The molecule has 0 bridgehead atoms. The van der Waals surface area contributed by atoms with Crippen LogP contribution in [0.15, 0.2) is 53.1 Å². The molecule has 4 heteroatoms. The van der Waals surface area contributed by atoms with Crippen LogP contribution in [0.25, 0.3) is 11.0 Å². The number of hydrogen-bond donors (Lipinski definition) is 1. The van der Waals surface area contributed by atoms with Gasteiger partial charge in [0.25, 0.3) is 0 Å². The Morgan fingerprint density at radius 1 is 1.12 bits per heavy atom. The van der Waals surface area contributed by atoms with Crippen molar-refractivity contribution in [3.05, 3.63) is 65.4 Å². The molecule has 24 heavy (non-hydrogen) atoms. The second kappa shape index (κ2) is 7.21. The van der Waals surface area contributed by atoms with Crippen molar-refractivity contribution in [2.24, 2.45) is 0 Å². The van der Waals surface area contributed by atoms with Gasteiger partial charge in [-0.05, 0) is 35.7 Å². The van der Waals surface area contributed by atoms with E-state index in [2.05, 4.69) is 18.3 Å². The first-order valence-corrected chi connectivity index (χ1v) is 8.08. The van der Waals surface area contributed by atoms with Crippen molar-refractivity contribution in [3.63, 3.8) is 0 Å². The summed E-state index contributed by atoms with van der Waals surface area (Å²) in [5, 5.41) is 3.95. The Hall–Kier alpha value is -2.75. The van der Waals surface area contributed by atoms with Crippen molar-refractivity contribution in [3.8, 4) is 5.75 Å². The van der Waals surface area contributed by atoms with E-state index in [1.807, 2.05) is 36.4 Å². The average molecular weight is 323 g/mol. The van der Waals surface area contributed by atoms with Crippen LogP contribution in [0.2, 0.25) is 0 Å². The van der Waals surface area contributed by atoms with Crippen molar-refractivity contribution >= 4 is 16.9 Å². The first-order chi connectivity index (χ1) is 11.7. The molecule has 0 unspecified atom stereocenters. The molecule has 0 aliphatic heterocycles. The summed E-state index contributed by atoms with van der Waals surface area (Å²) in [6.45, 7) is 2.61. The molecule has 1 aromatic heterocycles. The van der Waals surface area contributed by atoms with E-state index in [9.17, 15) is 4.79 Å². The van der Waals surface area contributed by atoms with Gasteiger partial charge in [0.05, 0.1) is 19.8 Å². The highest BCUT2D eigenvalue weighted by molar-refractivity contribution is 5.87. The molecule has 0 aliphatic carbocycles. The number of aryl methyl sites for hydroxylation is 1. The number of benzene rings is 2. The fraction of sp³-hybridized carbons (Fsp3) is 0.250. The van der Waals surface area contributed by atoms with Crippen molar-refractivity contribution in [1.29, 1.82) is 0 Å². The highest BCUT2D eigenvalue weighted by atomic mass is 16.5. The van der Waals surface area contributed by atoms with Crippen molar-refractivity contribution in [2.75, 3.05) is 7.11 Å². The lowest BCUT2D eigenvalue weighted by atomic mass is 10.1. The lowest BCUT2D eigenvalue weighted by Gasteiger charge is -2.06. The SMILES string of the molecule is CCc1ccc2c(CC(=O)NCc3ccc(OC)cc3)coc2c1. The zero-order valence-corrected chi connectivity index (χ0v) is 14.0. The topological polar surface area (TPSA) is 51.5 Å². The van der Waals surface area contributed by atoms with Gasteiger partial charge in [-0.1, -0.05) is 31.2 Å². The lowest BCUT2D eigenvalue weighted by Crippen LogP contribution is -2.24. The summed E-state index contributed by atoms with van der Waals surface area (Å²) in [4.78, 5) is 12.2. The number of amides is 1. The predicted molar refractivity (Wildman–Crippen MR) is 94.1 cm³/mol. The second-order valence-corrected chi connectivity index (χ2v) is 5.75. The predicted octanol–water partition coefficient (Wildman–Crippen LogP) is 3.86. The van der Waals surface area contributed by atoms with Gasteiger partial charge in [-0.15, -0.1) is 0 Å². The zero-order chi connectivity index (χ0) is 16.9. The average Bonchev–Trinajstić information content (AvgIpc) is 3.02. The van der Waals surface area contributed by atoms with Gasteiger partial charge in [0.15, 0.2) is 0 Å². The Bertz CT molecular complexity index is 834. The normalized spacial score (nSPS) is 10.8. The van der Waals surface area contributed by atoms with Crippen molar-refractivity contribution in [2.45, 2.75) is 26.3 Å². The molecule has 4 nitrogen and oxygen atoms in total. The Kier molecular flexibility index (Phi) is 4.85. The molecule has 124 valence electrons. The van der Waals surface area contributed by atoms with Crippen LogP contribution in [-0.2, 0) is 24.2 Å². The summed E-state index contributed by atoms with van der Waals surface area (Å²) < 4.78 is 10.7. The van der Waals surface area contributed by atoms with Crippen LogP contribution in [0, 0.1) is 0 Å². The third kappa shape index (κ3) is 3.59. The minimum atomic E-state index is -0.0203. The number of rotatable bonds is 6. The first kappa shape index (κ1) is 16.1. The van der Waals surface area contributed by atoms with Gasteiger partial charge in [-0.3, -0.25) is 4.79 Å². The maximum atomic E-state index is 12.2. The maximum absolute atomic E-state index is 12.2. The van der Waals surface area contributed by atoms with Gasteiger partial charge in [-0.25, -0.2) is 0 Å². The van der Waals surface area contributed by atoms with Crippen LogP contribution in [-0.4, -0.2) is 13.0 Å². The summed E-state index contributed by atoms with van der Waals surface area (Å²) in [5.74, 6) is 0.787. The molecule has 1 amide bonds. The maximum Gasteiger partial charge on any atom is 0.224 e. The van der Waals surface area contributed by atoms with Crippen LogP contribution in [0.5, 0.6) is 5.75 Å². The summed E-state index contributed by atoms with van der Waals surface area (Å²) in [6.07, 6.45) is 2.96.